The maximum atomic E-state index is 12.8. The Bertz CT molecular complexity index is 1000. The SMILES string of the molecule is Cc1c(Cl)cccc1NC(=O)CCc1nnc(-c2cccc(C(F)(F)F)c2)o1. The average Bonchev–Trinajstić information content (AvgIpc) is 3.12. The fourth-order valence-corrected chi connectivity index (χ4v) is 2.65. The highest BCUT2D eigenvalue weighted by Gasteiger charge is 2.30. The molecule has 0 fully saturated rings. The third kappa shape index (κ3) is 4.69. The molecule has 0 unspecified atom stereocenters. The summed E-state index contributed by atoms with van der Waals surface area (Å²) in [6.45, 7) is 1.79. The number of halogens is 4. The van der Waals surface area contributed by atoms with Gasteiger partial charge in [-0.3, -0.25) is 4.79 Å². The van der Waals surface area contributed by atoms with E-state index in [0.717, 1.165) is 17.7 Å². The van der Waals surface area contributed by atoms with Crippen molar-refractivity contribution in [3.8, 4) is 11.5 Å². The van der Waals surface area contributed by atoms with Crippen molar-refractivity contribution in [2.45, 2.75) is 25.9 Å². The van der Waals surface area contributed by atoms with Crippen molar-refractivity contribution in [3.63, 3.8) is 0 Å². The number of benzene rings is 2. The molecule has 28 heavy (non-hydrogen) atoms. The molecule has 146 valence electrons. The monoisotopic (exact) mass is 409 g/mol. The van der Waals surface area contributed by atoms with E-state index in [9.17, 15) is 18.0 Å². The number of aromatic nitrogens is 2. The van der Waals surface area contributed by atoms with Gasteiger partial charge in [0.2, 0.25) is 17.7 Å². The predicted molar refractivity (Wildman–Crippen MR) is 97.9 cm³/mol. The molecule has 9 heteroatoms. The van der Waals surface area contributed by atoms with Gasteiger partial charge in [-0.2, -0.15) is 13.2 Å². The Morgan fingerprint density at radius 3 is 2.68 bits per heavy atom. The molecule has 1 aromatic heterocycles. The van der Waals surface area contributed by atoms with Crippen molar-refractivity contribution in [1.29, 1.82) is 0 Å². The van der Waals surface area contributed by atoms with E-state index in [-0.39, 0.29) is 36.1 Å². The van der Waals surface area contributed by atoms with Crippen LogP contribution in [-0.4, -0.2) is 16.1 Å². The highest BCUT2D eigenvalue weighted by atomic mass is 35.5. The lowest BCUT2D eigenvalue weighted by Crippen LogP contribution is -2.13. The molecule has 0 saturated heterocycles. The van der Waals surface area contributed by atoms with Gasteiger partial charge in [-0.25, -0.2) is 0 Å². The first kappa shape index (κ1) is 19.9. The molecule has 5 nitrogen and oxygen atoms in total. The van der Waals surface area contributed by atoms with Crippen LogP contribution in [0.2, 0.25) is 5.02 Å². The molecule has 3 aromatic rings. The topological polar surface area (TPSA) is 68.0 Å². The Kier molecular flexibility index (Phi) is 5.69. The number of alkyl halides is 3. The Hall–Kier alpha value is -2.87. The van der Waals surface area contributed by atoms with Crippen LogP contribution in [-0.2, 0) is 17.4 Å². The minimum atomic E-state index is -4.46. The zero-order valence-corrected chi connectivity index (χ0v) is 15.4. The second-order valence-electron chi connectivity index (χ2n) is 6.04. The maximum Gasteiger partial charge on any atom is 0.416 e. The largest absolute Gasteiger partial charge is 0.421 e. The van der Waals surface area contributed by atoms with Crippen LogP contribution in [0.25, 0.3) is 11.5 Å². The number of hydrogen-bond acceptors (Lipinski definition) is 4. The highest BCUT2D eigenvalue weighted by molar-refractivity contribution is 6.31. The lowest BCUT2D eigenvalue weighted by atomic mass is 10.1. The fraction of sp³-hybridized carbons (Fsp3) is 0.211. The molecule has 0 spiro atoms. The van der Waals surface area contributed by atoms with Crippen LogP contribution in [0.5, 0.6) is 0 Å². The summed E-state index contributed by atoms with van der Waals surface area (Å²) in [5.74, 6) is -0.151. The molecule has 2 aromatic carbocycles. The van der Waals surface area contributed by atoms with E-state index in [1.165, 1.54) is 12.1 Å². The van der Waals surface area contributed by atoms with Crippen LogP contribution >= 0.6 is 11.6 Å². The quantitative estimate of drug-likeness (QED) is 0.621. The van der Waals surface area contributed by atoms with E-state index in [1.807, 2.05) is 0 Å². The zero-order valence-electron chi connectivity index (χ0n) is 14.7. The van der Waals surface area contributed by atoms with E-state index in [2.05, 4.69) is 15.5 Å². The summed E-state index contributed by atoms with van der Waals surface area (Å²) in [6.07, 6.45) is -4.25. The van der Waals surface area contributed by atoms with Crippen LogP contribution in [0.3, 0.4) is 0 Å². The first-order valence-electron chi connectivity index (χ1n) is 8.29. The van der Waals surface area contributed by atoms with Gasteiger partial charge in [0.05, 0.1) is 5.56 Å². The van der Waals surface area contributed by atoms with E-state index < -0.39 is 11.7 Å². The van der Waals surface area contributed by atoms with Gasteiger partial charge in [0.1, 0.15) is 0 Å². The van der Waals surface area contributed by atoms with Crippen molar-refractivity contribution in [2.75, 3.05) is 5.32 Å². The smallest absolute Gasteiger partial charge is 0.416 e. The van der Waals surface area contributed by atoms with Crippen LogP contribution in [0, 0.1) is 6.92 Å². The number of aryl methyl sites for hydroxylation is 1. The second kappa shape index (κ2) is 8.02. The van der Waals surface area contributed by atoms with Gasteiger partial charge in [-0.1, -0.05) is 23.7 Å². The lowest BCUT2D eigenvalue weighted by molar-refractivity contribution is -0.137. The number of nitrogens with zero attached hydrogens (tertiary/aromatic N) is 2. The molecule has 0 bridgehead atoms. The number of rotatable bonds is 5. The second-order valence-corrected chi connectivity index (χ2v) is 6.45. The average molecular weight is 410 g/mol. The number of amides is 1. The number of anilines is 1. The van der Waals surface area contributed by atoms with Gasteiger partial charge in [-0.05, 0) is 42.8 Å². The molecule has 3 rings (SSSR count). The predicted octanol–water partition coefficient (Wildman–Crippen LogP) is 5.29. The zero-order chi connectivity index (χ0) is 20.3. The number of hydrogen-bond donors (Lipinski definition) is 1. The molecule has 0 aliphatic carbocycles. The normalized spacial score (nSPS) is 11.5. The molecule has 1 heterocycles. The summed E-state index contributed by atoms with van der Waals surface area (Å²) in [5, 5.41) is 10.8. The third-order valence-electron chi connectivity index (χ3n) is 4.01. The summed E-state index contributed by atoms with van der Waals surface area (Å²) in [6, 6.07) is 9.79. The third-order valence-corrected chi connectivity index (χ3v) is 4.42. The number of carbonyl (C=O) groups is 1. The van der Waals surface area contributed by atoms with Gasteiger partial charge in [0.15, 0.2) is 0 Å². The Morgan fingerprint density at radius 1 is 1.18 bits per heavy atom. The van der Waals surface area contributed by atoms with Crippen molar-refractivity contribution in [3.05, 3.63) is 64.5 Å². The van der Waals surface area contributed by atoms with Gasteiger partial charge in [0, 0.05) is 29.1 Å². The summed E-state index contributed by atoms with van der Waals surface area (Å²) in [4.78, 5) is 12.1. The summed E-state index contributed by atoms with van der Waals surface area (Å²) in [5.41, 5.74) is 0.712. The highest BCUT2D eigenvalue weighted by Crippen LogP contribution is 2.31. The number of nitrogens with one attached hydrogen (secondary N) is 1. The van der Waals surface area contributed by atoms with Gasteiger partial charge < -0.3 is 9.73 Å². The molecular formula is C19H15ClF3N3O2. The standard InChI is InChI=1S/C19H15ClF3N3O2/c1-11-14(20)6-3-7-15(11)24-16(27)8-9-17-25-26-18(28-17)12-4-2-5-13(10-12)19(21,22)23/h2-7,10H,8-9H2,1H3,(H,24,27). The molecule has 0 aliphatic heterocycles. The van der Waals surface area contributed by atoms with E-state index in [1.54, 1.807) is 25.1 Å². The maximum absolute atomic E-state index is 12.8. The summed E-state index contributed by atoms with van der Waals surface area (Å²) in [7, 11) is 0. The molecule has 0 aliphatic rings. The molecule has 1 amide bonds. The van der Waals surface area contributed by atoms with Crippen molar-refractivity contribution in [2.24, 2.45) is 0 Å². The van der Waals surface area contributed by atoms with E-state index in [0.29, 0.717) is 10.7 Å². The molecule has 0 saturated carbocycles. The Morgan fingerprint density at radius 2 is 1.93 bits per heavy atom. The van der Waals surface area contributed by atoms with Crippen LogP contribution in [0.15, 0.2) is 46.9 Å². The molecular weight excluding hydrogens is 395 g/mol. The minimum Gasteiger partial charge on any atom is -0.421 e. The van der Waals surface area contributed by atoms with Gasteiger partial charge in [0.25, 0.3) is 0 Å². The molecule has 1 N–H and O–H groups in total. The van der Waals surface area contributed by atoms with Crippen LogP contribution < -0.4 is 5.32 Å². The van der Waals surface area contributed by atoms with E-state index >= 15 is 0 Å². The van der Waals surface area contributed by atoms with Crippen LogP contribution in [0.4, 0.5) is 18.9 Å². The first-order valence-corrected chi connectivity index (χ1v) is 8.67. The first-order chi connectivity index (χ1) is 13.2. The lowest BCUT2D eigenvalue weighted by Gasteiger charge is -2.08. The van der Waals surface area contributed by atoms with E-state index in [4.69, 9.17) is 16.0 Å². The number of carbonyl (C=O) groups excluding carboxylic acids is 1. The Balaban J connectivity index is 1.64. The van der Waals surface area contributed by atoms with Crippen molar-refractivity contribution >= 4 is 23.2 Å². The van der Waals surface area contributed by atoms with Gasteiger partial charge >= 0.3 is 6.18 Å². The Labute approximate surface area is 163 Å². The molecule has 0 radical (unpaired) electrons. The summed E-state index contributed by atoms with van der Waals surface area (Å²) < 4.78 is 43.8. The van der Waals surface area contributed by atoms with Crippen molar-refractivity contribution < 1.29 is 22.4 Å². The van der Waals surface area contributed by atoms with Gasteiger partial charge in [-0.15, -0.1) is 10.2 Å². The minimum absolute atomic E-state index is 0.0350. The van der Waals surface area contributed by atoms with Crippen molar-refractivity contribution in [1.82, 2.24) is 10.2 Å². The fourth-order valence-electron chi connectivity index (χ4n) is 2.48. The van der Waals surface area contributed by atoms with Crippen LogP contribution in [0.1, 0.15) is 23.4 Å². The molecule has 0 atom stereocenters. The summed E-state index contributed by atoms with van der Waals surface area (Å²) >= 11 is 6.02.